The molecule has 3 N–H and O–H groups in total. The summed E-state index contributed by atoms with van der Waals surface area (Å²) >= 11 is 0. The minimum absolute atomic E-state index is 0. The summed E-state index contributed by atoms with van der Waals surface area (Å²) in [5.41, 5.74) is 0. The van der Waals surface area contributed by atoms with E-state index in [0.29, 0.717) is 19.0 Å². The lowest BCUT2D eigenvalue weighted by molar-refractivity contribution is 0.444. The summed E-state index contributed by atoms with van der Waals surface area (Å²) in [7, 11) is -1.39. The summed E-state index contributed by atoms with van der Waals surface area (Å²) in [6.45, 7) is 7.82. The van der Waals surface area contributed by atoms with Gasteiger partial charge < -0.3 is 10.6 Å². The minimum Gasteiger partial charge on any atom is -0.356 e. The Kier molecular flexibility index (Phi) is 15.9. The first-order valence-corrected chi connectivity index (χ1v) is 9.56. The van der Waals surface area contributed by atoms with Gasteiger partial charge in [-0.15, -0.1) is 24.0 Å². The fourth-order valence-corrected chi connectivity index (χ4v) is 2.51. The fraction of sp³-hybridized carbons (Fsp3) is 0.929. The maximum atomic E-state index is 11.3. The van der Waals surface area contributed by atoms with Gasteiger partial charge in [0.15, 0.2) is 5.96 Å². The molecule has 8 heteroatoms. The first-order chi connectivity index (χ1) is 9.99. The van der Waals surface area contributed by atoms with Gasteiger partial charge in [0.1, 0.15) is 0 Å². The molecule has 1 unspecified atom stereocenters. The molecule has 0 spiro atoms. The summed E-state index contributed by atoms with van der Waals surface area (Å²) in [6, 6.07) is 0. The molecule has 0 amide bonds. The smallest absolute Gasteiger partial charge is 0.211 e. The van der Waals surface area contributed by atoms with Crippen LogP contribution in [0.4, 0.5) is 0 Å². The van der Waals surface area contributed by atoms with Crippen LogP contribution in [0.1, 0.15) is 46.5 Å². The lowest BCUT2D eigenvalue weighted by Gasteiger charge is -2.18. The Morgan fingerprint density at radius 2 is 1.82 bits per heavy atom. The third-order valence-corrected chi connectivity index (χ3v) is 4.85. The van der Waals surface area contributed by atoms with Crippen molar-refractivity contribution in [1.82, 2.24) is 15.4 Å². The van der Waals surface area contributed by atoms with Gasteiger partial charge in [-0.05, 0) is 19.3 Å². The van der Waals surface area contributed by atoms with Crippen molar-refractivity contribution in [3.05, 3.63) is 0 Å². The molecule has 0 saturated carbocycles. The summed E-state index contributed by atoms with van der Waals surface area (Å²) in [4.78, 5) is 4.15. The molecule has 0 aliphatic carbocycles. The van der Waals surface area contributed by atoms with Crippen molar-refractivity contribution in [3.8, 4) is 0 Å². The van der Waals surface area contributed by atoms with Crippen molar-refractivity contribution in [2.24, 2.45) is 10.9 Å². The molecular formula is C14H33IN4O2S. The van der Waals surface area contributed by atoms with Crippen LogP contribution in [0, 0.1) is 5.92 Å². The molecule has 0 saturated heterocycles. The number of hydrogen-bond acceptors (Lipinski definition) is 3. The molecule has 0 heterocycles. The number of halogens is 1. The van der Waals surface area contributed by atoms with Gasteiger partial charge in [-0.2, -0.15) is 0 Å². The minimum atomic E-state index is -3.11. The zero-order chi connectivity index (χ0) is 16.1. The van der Waals surface area contributed by atoms with Gasteiger partial charge >= 0.3 is 0 Å². The normalized spacial score (nSPS) is 13.4. The number of nitrogens with zero attached hydrogens (tertiary/aromatic N) is 1. The van der Waals surface area contributed by atoms with Crippen molar-refractivity contribution >= 4 is 40.0 Å². The highest BCUT2D eigenvalue weighted by molar-refractivity contribution is 14.0. The average molecular weight is 448 g/mol. The summed E-state index contributed by atoms with van der Waals surface area (Å²) < 4.78 is 25.1. The van der Waals surface area contributed by atoms with Crippen molar-refractivity contribution < 1.29 is 8.42 Å². The number of hydrogen-bond donors (Lipinski definition) is 3. The monoisotopic (exact) mass is 448 g/mol. The molecule has 0 aliphatic heterocycles. The molecular weight excluding hydrogens is 415 g/mol. The van der Waals surface area contributed by atoms with Crippen LogP contribution in [0.25, 0.3) is 0 Å². The quantitative estimate of drug-likeness (QED) is 0.195. The predicted octanol–water partition coefficient (Wildman–Crippen LogP) is 1.93. The molecule has 0 rings (SSSR count). The first-order valence-electron chi connectivity index (χ1n) is 7.90. The van der Waals surface area contributed by atoms with Crippen LogP contribution in [-0.2, 0) is 10.0 Å². The van der Waals surface area contributed by atoms with Gasteiger partial charge in [-0.1, -0.05) is 33.1 Å². The van der Waals surface area contributed by atoms with Crippen molar-refractivity contribution in [3.63, 3.8) is 0 Å². The zero-order valence-electron chi connectivity index (χ0n) is 14.3. The topological polar surface area (TPSA) is 82.6 Å². The Morgan fingerprint density at radius 1 is 1.14 bits per heavy atom. The van der Waals surface area contributed by atoms with E-state index in [-0.39, 0.29) is 29.7 Å². The first kappa shape index (κ1) is 24.2. The summed E-state index contributed by atoms with van der Waals surface area (Å²) in [5.74, 6) is 1.48. The lowest BCUT2D eigenvalue weighted by Crippen LogP contribution is -2.43. The van der Waals surface area contributed by atoms with Crippen LogP contribution >= 0.6 is 24.0 Å². The van der Waals surface area contributed by atoms with E-state index < -0.39 is 10.0 Å². The average Bonchev–Trinajstić information content (AvgIpc) is 2.49. The maximum absolute atomic E-state index is 11.3. The molecule has 134 valence electrons. The number of aliphatic imine (C=N–C) groups is 1. The molecule has 0 bridgehead atoms. The molecule has 6 nitrogen and oxygen atoms in total. The zero-order valence-corrected chi connectivity index (χ0v) is 17.5. The second kappa shape index (κ2) is 14.5. The third-order valence-electron chi connectivity index (χ3n) is 3.44. The summed E-state index contributed by atoms with van der Waals surface area (Å²) in [5, 5.41) is 6.42. The molecule has 0 radical (unpaired) electrons. The van der Waals surface area contributed by atoms with E-state index >= 15 is 0 Å². The van der Waals surface area contributed by atoms with Gasteiger partial charge in [0, 0.05) is 26.7 Å². The van der Waals surface area contributed by atoms with Crippen LogP contribution in [0.2, 0.25) is 0 Å². The van der Waals surface area contributed by atoms with Crippen LogP contribution in [-0.4, -0.2) is 46.8 Å². The maximum Gasteiger partial charge on any atom is 0.211 e. The highest BCUT2D eigenvalue weighted by atomic mass is 127. The SMILES string of the molecule is CCCCC(CC)CNC(=NC)NCCNS(=O)(=O)CC.I. The van der Waals surface area contributed by atoms with Gasteiger partial charge in [-0.3, -0.25) is 4.99 Å². The van der Waals surface area contributed by atoms with Crippen LogP contribution in [0.3, 0.4) is 0 Å². The Morgan fingerprint density at radius 3 is 2.32 bits per heavy atom. The van der Waals surface area contributed by atoms with Gasteiger partial charge in [0.2, 0.25) is 10.0 Å². The number of sulfonamides is 1. The Balaban J connectivity index is 0. The van der Waals surface area contributed by atoms with Gasteiger partial charge in [0.25, 0.3) is 0 Å². The van der Waals surface area contributed by atoms with Crippen molar-refractivity contribution in [2.45, 2.75) is 46.5 Å². The van der Waals surface area contributed by atoms with E-state index in [2.05, 4.69) is 34.2 Å². The van der Waals surface area contributed by atoms with Crippen molar-refractivity contribution in [1.29, 1.82) is 0 Å². The molecule has 0 aromatic carbocycles. The van der Waals surface area contributed by atoms with Crippen molar-refractivity contribution in [2.75, 3.05) is 32.4 Å². The van der Waals surface area contributed by atoms with Crippen LogP contribution in [0.5, 0.6) is 0 Å². The van der Waals surface area contributed by atoms with E-state index in [1.54, 1.807) is 14.0 Å². The highest BCUT2D eigenvalue weighted by Crippen LogP contribution is 2.10. The second-order valence-electron chi connectivity index (χ2n) is 5.09. The number of unbranched alkanes of at least 4 members (excludes halogenated alkanes) is 1. The Hall–Kier alpha value is -0.0900. The number of rotatable bonds is 11. The van der Waals surface area contributed by atoms with E-state index in [0.717, 1.165) is 18.9 Å². The van der Waals surface area contributed by atoms with Crippen LogP contribution in [0.15, 0.2) is 4.99 Å². The van der Waals surface area contributed by atoms with E-state index in [4.69, 9.17) is 0 Å². The molecule has 0 aromatic heterocycles. The molecule has 0 aromatic rings. The second-order valence-corrected chi connectivity index (χ2v) is 7.19. The number of guanidine groups is 1. The largest absolute Gasteiger partial charge is 0.356 e. The third kappa shape index (κ3) is 12.5. The van der Waals surface area contributed by atoms with Crippen LogP contribution < -0.4 is 15.4 Å². The van der Waals surface area contributed by atoms with E-state index in [9.17, 15) is 8.42 Å². The van der Waals surface area contributed by atoms with Gasteiger partial charge in [0.05, 0.1) is 5.75 Å². The Bertz CT molecular complexity index is 388. The highest BCUT2D eigenvalue weighted by Gasteiger charge is 2.08. The van der Waals surface area contributed by atoms with E-state index in [1.807, 2.05) is 0 Å². The standard InChI is InChI=1S/C14H32N4O2S.HI/c1-5-8-9-13(6-2)12-17-14(15-4)16-10-11-18-21(19,20)7-3;/h13,18H,5-12H2,1-4H3,(H2,15,16,17);1H. The van der Waals surface area contributed by atoms with E-state index in [1.165, 1.54) is 19.3 Å². The van der Waals surface area contributed by atoms with Gasteiger partial charge in [-0.25, -0.2) is 13.1 Å². The fourth-order valence-electron chi connectivity index (χ4n) is 1.89. The summed E-state index contributed by atoms with van der Waals surface area (Å²) in [6.07, 6.45) is 4.86. The predicted molar refractivity (Wildman–Crippen MR) is 106 cm³/mol. The number of nitrogens with one attached hydrogen (secondary N) is 3. The lowest BCUT2D eigenvalue weighted by atomic mass is 9.99. The Labute approximate surface area is 153 Å². The molecule has 1 atom stereocenters. The molecule has 0 aliphatic rings. The molecule has 0 fully saturated rings. The molecule has 22 heavy (non-hydrogen) atoms.